The Morgan fingerprint density at radius 3 is 2.58 bits per heavy atom. The number of ether oxygens (including phenoxy) is 1. The zero-order valence-electron chi connectivity index (χ0n) is 17.3. The van der Waals surface area contributed by atoms with Gasteiger partial charge in [-0.15, -0.1) is 11.3 Å². The molecule has 1 spiro atoms. The Morgan fingerprint density at radius 2 is 1.87 bits per heavy atom. The van der Waals surface area contributed by atoms with E-state index >= 15 is 0 Å². The van der Waals surface area contributed by atoms with Crippen LogP contribution in [0.3, 0.4) is 0 Å². The summed E-state index contributed by atoms with van der Waals surface area (Å²) < 4.78 is 6.35. The molecule has 31 heavy (non-hydrogen) atoms. The zero-order chi connectivity index (χ0) is 21.2. The number of rotatable bonds is 6. The summed E-state index contributed by atoms with van der Waals surface area (Å²) >= 11 is 1.56. The predicted molar refractivity (Wildman–Crippen MR) is 114 cm³/mol. The predicted octanol–water partition coefficient (Wildman–Crippen LogP) is 1.74. The fourth-order valence-corrected chi connectivity index (χ4v) is 6.59. The van der Waals surface area contributed by atoms with E-state index in [1.807, 2.05) is 29.7 Å². The standard InChI is InChI=1S/C23H27N3O4S/c27-20(24-14-7-8-14)17-16-9-10-23(30-16)18(17)22(29)26(12-15-6-3-11-31-15)19(23)21(28)25-13-4-1-2-5-13/h3,6,9-11,13-14,16-19H,1-2,4-5,7-8,12H2,(H,24,27)(H,25,28)/t16-,17-,18+,19-,23-/m1/s1. The molecule has 5 atom stereocenters. The third-order valence-corrected chi connectivity index (χ3v) is 8.32. The number of hydrogen-bond donors (Lipinski definition) is 2. The van der Waals surface area contributed by atoms with Crippen LogP contribution < -0.4 is 10.6 Å². The first-order chi connectivity index (χ1) is 15.1. The molecule has 4 fully saturated rings. The van der Waals surface area contributed by atoms with E-state index in [9.17, 15) is 14.4 Å². The van der Waals surface area contributed by atoms with Gasteiger partial charge in [0, 0.05) is 17.0 Å². The molecule has 164 valence electrons. The van der Waals surface area contributed by atoms with E-state index in [0.717, 1.165) is 43.4 Å². The molecule has 1 aromatic rings. The van der Waals surface area contributed by atoms with Crippen LogP contribution in [0.2, 0.25) is 0 Å². The monoisotopic (exact) mass is 441 g/mol. The molecule has 2 aliphatic carbocycles. The van der Waals surface area contributed by atoms with Gasteiger partial charge in [0.05, 0.1) is 24.5 Å². The molecule has 6 rings (SSSR count). The minimum absolute atomic E-state index is 0.120. The quantitative estimate of drug-likeness (QED) is 0.659. The van der Waals surface area contributed by atoms with Crippen molar-refractivity contribution in [1.82, 2.24) is 15.5 Å². The summed E-state index contributed by atoms with van der Waals surface area (Å²) in [6, 6.07) is 3.53. The lowest BCUT2D eigenvalue weighted by molar-refractivity contribution is -0.142. The molecule has 8 heteroatoms. The van der Waals surface area contributed by atoms with E-state index in [0.29, 0.717) is 6.54 Å². The van der Waals surface area contributed by atoms with Crippen LogP contribution in [-0.4, -0.2) is 52.5 Å². The van der Waals surface area contributed by atoms with Crippen LogP contribution in [0.25, 0.3) is 0 Å². The maximum absolute atomic E-state index is 13.7. The third-order valence-electron chi connectivity index (χ3n) is 7.46. The Balaban J connectivity index is 1.34. The van der Waals surface area contributed by atoms with Gasteiger partial charge in [-0.1, -0.05) is 31.1 Å². The number of amides is 3. The second-order valence-electron chi connectivity index (χ2n) is 9.52. The van der Waals surface area contributed by atoms with Crippen LogP contribution in [0.4, 0.5) is 0 Å². The molecule has 2 bridgehead atoms. The molecular formula is C23H27N3O4S. The van der Waals surface area contributed by atoms with Crippen LogP contribution in [0, 0.1) is 11.8 Å². The highest BCUT2D eigenvalue weighted by atomic mass is 32.1. The fraction of sp³-hybridized carbons (Fsp3) is 0.609. The van der Waals surface area contributed by atoms with Crippen molar-refractivity contribution < 1.29 is 19.1 Å². The first kappa shape index (κ1) is 19.5. The fourth-order valence-electron chi connectivity index (χ4n) is 5.88. The lowest BCUT2D eigenvalue weighted by atomic mass is 9.74. The van der Waals surface area contributed by atoms with Crippen molar-refractivity contribution in [3.63, 3.8) is 0 Å². The molecular weight excluding hydrogens is 414 g/mol. The minimum atomic E-state index is -1.06. The van der Waals surface area contributed by atoms with Crippen LogP contribution in [-0.2, 0) is 25.7 Å². The van der Waals surface area contributed by atoms with Gasteiger partial charge in [-0.2, -0.15) is 0 Å². The number of hydrogen-bond acceptors (Lipinski definition) is 5. The number of nitrogens with one attached hydrogen (secondary N) is 2. The minimum Gasteiger partial charge on any atom is -0.359 e. The van der Waals surface area contributed by atoms with E-state index in [1.165, 1.54) is 0 Å². The molecule has 2 N–H and O–H groups in total. The molecule has 5 aliphatic rings. The third kappa shape index (κ3) is 3.06. The van der Waals surface area contributed by atoms with Gasteiger partial charge in [0.1, 0.15) is 11.6 Å². The molecule has 3 aliphatic heterocycles. The SMILES string of the molecule is O=C(NC1CC1)[C@H]1[C@H]2C(=O)N(Cc3cccs3)[C@H](C(=O)NC3CCCC3)[C@@]23C=C[C@H]1O3. The Morgan fingerprint density at radius 1 is 1.13 bits per heavy atom. The Hall–Kier alpha value is -2.19. The van der Waals surface area contributed by atoms with Gasteiger partial charge in [-0.25, -0.2) is 0 Å². The van der Waals surface area contributed by atoms with E-state index in [2.05, 4.69) is 10.6 Å². The van der Waals surface area contributed by atoms with Crippen molar-refractivity contribution >= 4 is 29.1 Å². The molecule has 2 saturated carbocycles. The number of nitrogens with zero attached hydrogens (tertiary/aromatic N) is 1. The van der Waals surface area contributed by atoms with Crippen molar-refractivity contribution in [1.29, 1.82) is 0 Å². The van der Waals surface area contributed by atoms with Crippen molar-refractivity contribution in [3.05, 3.63) is 34.5 Å². The Labute approximate surface area is 185 Å². The maximum atomic E-state index is 13.7. The average Bonchev–Trinajstić information content (AvgIpc) is 3.24. The highest BCUT2D eigenvalue weighted by Crippen LogP contribution is 2.55. The molecule has 1 aromatic heterocycles. The van der Waals surface area contributed by atoms with Crippen LogP contribution in [0.1, 0.15) is 43.4 Å². The number of carbonyl (C=O) groups is 3. The lowest BCUT2D eigenvalue weighted by Gasteiger charge is -2.32. The summed E-state index contributed by atoms with van der Waals surface area (Å²) in [5.74, 6) is -1.66. The van der Waals surface area contributed by atoms with Crippen LogP contribution >= 0.6 is 11.3 Å². The highest BCUT2D eigenvalue weighted by Gasteiger charge is 2.72. The lowest BCUT2D eigenvalue weighted by Crippen LogP contribution is -2.55. The maximum Gasteiger partial charge on any atom is 0.246 e. The summed E-state index contributed by atoms with van der Waals surface area (Å²) in [6.45, 7) is 0.357. The first-order valence-electron chi connectivity index (χ1n) is 11.4. The van der Waals surface area contributed by atoms with E-state index < -0.39 is 29.6 Å². The molecule has 0 aromatic carbocycles. The molecule has 0 unspecified atom stereocenters. The van der Waals surface area contributed by atoms with E-state index in [-0.39, 0.29) is 29.8 Å². The van der Waals surface area contributed by atoms with Crippen LogP contribution in [0.5, 0.6) is 0 Å². The summed E-state index contributed by atoms with van der Waals surface area (Å²) in [6.07, 6.45) is 9.46. The number of carbonyl (C=O) groups excluding carboxylic acids is 3. The van der Waals surface area contributed by atoms with Gasteiger partial charge in [0.2, 0.25) is 17.7 Å². The molecule has 7 nitrogen and oxygen atoms in total. The Bertz CT molecular complexity index is 937. The van der Waals surface area contributed by atoms with Gasteiger partial charge in [-0.05, 0) is 37.1 Å². The summed E-state index contributed by atoms with van der Waals surface area (Å²) in [4.78, 5) is 43.0. The zero-order valence-corrected chi connectivity index (χ0v) is 18.1. The average molecular weight is 442 g/mol. The van der Waals surface area contributed by atoms with Crippen LogP contribution in [0.15, 0.2) is 29.7 Å². The summed E-state index contributed by atoms with van der Waals surface area (Å²) in [7, 11) is 0. The van der Waals surface area contributed by atoms with Crippen molar-refractivity contribution in [2.45, 2.75) is 74.9 Å². The number of likely N-dealkylation sites (tertiary alicyclic amines) is 1. The summed E-state index contributed by atoms with van der Waals surface area (Å²) in [5, 5.41) is 8.20. The number of thiophene rings is 1. The van der Waals surface area contributed by atoms with Gasteiger partial charge in [0.15, 0.2) is 0 Å². The molecule has 0 radical (unpaired) electrons. The molecule has 4 heterocycles. The van der Waals surface area contributed by atoms with Crippen molar-refractivity contribution in [2.24, 2.45) is 11.8 Å². The second kappa shape index (κ2) is 7.17. The first-order valence-corrected chi connectivity index (χ1v) is 12.3. The smallest absolute Gasteiger partial charge is 0.246 e. The van der Waals surface area contributed by atoms with Crippen molar-refractivity contribution in [2.75, 3.05) is 0 Å². The normalized spacial score (nSPS) is 36.3. The van der Waals surface area contributed by atoms with Gasteiger partial charge < -0.3 is 20.3 Å². The van der Waals surface area contributed by atoms with Crippen molar-refractivity contribution in [3.8, 4) is 0 Å². The molecule has 2 saturated heterocycles. The highest BCUT2D eigenvalue weighted by molar-refractivity contribution is 7.09. The van der Waals surface area contributed by atoms with Gasteiger partial charge in [-0.3, -0.25) is 14.4 Å². The Kier molecular flexibility index (Phi) is 4.51. The largest absolute Gasteiger partial charge is 0.359 e. The number of fused-ring (bicyclic) bond motifs is 1. The van der Waals surface area contributed by atoms with Gasteiger partial charge in [0.25, 0.3) is 0 Å². The summed E-state index contributed by atoms with van der Waals surface area (Å²) in [5.41, 5.74) is -1.06. The van der Waals surface area contributed by atoms with Gasteiger partial charge >= 0.3 is 0 Å². The topological polar surface area (TPSA) is 87.7 Å². The van der Waals surface area contributed by atoms with E-state index in [1.54, 1.807) is 16.2 Å². The van der Waals surface area contributed by atoms with E-state index in [4.69, 9.17) is 4.74 Å². The second-order valence-corrected chi connectivity index (χ2v) is 10.6. The molecule has 3 amide bonds.